The highest BCUT2D eigenvalue weighted by atomic mass is 16.6. The van der Waals surface area contributed by atoms with Crippen molar-refractivity contribution in [1.82, 2.24) is 5.32 Å². The summed E-state index contributed by atoms with van der Waals surface area (Å²) in [5, 5.41) is 11.6. The summed E-state index contributed by atoms with van der Waals surface area (Å²) in [6.45, 7) is 1.43. The second kappa shape index (κ2) is 6.31. The third-order valence-electron chi connectivity index (χ3n) is 2.75. The first kappa shape index (κ1) is 13.5. The molecular formula is C13H15NO5. The molecule has 0 aliphatic carbocycles. The minimum absolute atomic E-state index is 0.198. The molecule has 0 saturated carbocycles. The van der Waals surface area contributed by atoms with Gasteiger partial charge in [-0.3, -0.25) is 4.79 Å². The van der Waals surface area contributed by atoms with Gasteiger partial charge in [0.15, 0.2) is 6.10 Å². The average Bonchev–Trinajstić information content (AvgIpc) is 2.46. The van der Waals surface area contributed by atoms with Crippen LogP contribution in [0.5, 0.6) is 0 Å². The van der Waals surface area contributed by atoms with Gasteiger partial charge in [0.1, 0.15) is 0 Å². The molecule has 1 amide bonds. The molecule has 0 radical (unpaired) electrons. The van der Waals surface area contributed by atoms with E-state index >= 15 is 0 Å². The SMILES string of the molecule is O=C(O)c1cccc(CNC(=O)[C@@H]2COCCO2)c1. The normalized spacial score (nSPS) is 18.8. The first-order valence-electron chi connectivity index (χ1n) is 5.96. The van der Waals surface area contributed by atoms with Gasteiger partial charge in [0.25, 0.3) is 5.91 Å². The van der Waals surface area contributed by atoms with Crippen molar-refractivity contribution in [2.24, 2.45) is 0 Å². The molecule has 1 aromatic rings. The average molecular weight is 265 g/mol. The number of benzene rings is 1. The lowest BCUT2D eigenvalue weighted by molar-refractivity contribution is -0.147. The lowest BCUT2D eigenvalue weighted by Crippen LogP contribution is -2.42. The Morgan fingerprint density at radius 1 is 1.37 bits per heavy atom. The van der Waals surface area contributed by atoms with Crippen molar-refractivity contribution in [2.75, 3.05) is 19.8 Å². The van der Waals surface area contributed by atoms with E-state index in [1.54, 1.807) is 12.1 Å². The maximum atomic E-state index is 11.8. The highest BCUT2D eigenvalue weighted by Crippen LogP contribution is 2.06. The van der Waals surface area contributed by atoms with E-state index in [2.05, 4.69) is 5.32 Å². The number of hydrogen-bond acceptors (Lipinski definition) is 4. The molecule has 6 nitrogen and oxygen atoms in total. The molecule has 1 saturated heterocycles. The number of carbonyl (C=O) groups excluding carboxylic acids is 1. The minimum atomic E-state index is -0.989. The zero-order valence-electron chi connectivity index (χ0n) is 10.3. The molecule has 19 heavy (non-hydrogen) atoms. The van der Waals surface area contributed by atoms with Crippen LogP contribution in [0.4, 0.5) is 0 Å². The second-order valence-corrected chi connectivity index (χ2v) is 4.16. The van der Waals surface area contributed by atoms with Crippen molar-refractivity contribution in [3.63, 3.8) is 0 Å². The Labute approximate surface area is 110 Å². The van der Waals surface area contributed by atoms with Crippen LogP contribution in [-0.2, 0) is 20.8 Å². The van der Waals surface area contributed by atoms with Gasteiger partial charge in [0.2, 0.25) is 0 Å². The highest BCUT2D eigenvalue weighted by molar-refractivity contribution is 5.87. The Balaban J connectivity index is 1.89. The van der Waals surface area contributed by atoms with Crippen molar-refractivity contribution in [3.8, 4) is 0 Å². The summed E-state index contributed by atoms with van der Waals surface area (Å²) in [7, 11) is 0. The number of nitrogens with one attached hydrogen (secondary N) is 1. The number of carboxylic acids is 1. The van der Waals surface area contributed by atoms with E-state index in [-0.39, 0.29) is 24.6 Å². The number of hydrogen-bond donors (Lipinski definition) is 2. The predicted octanol–water partition coefficient (Wildman–Crippen LogP) is 0.416. The molecule has 6 heteroatoms. The lowest BCUT2D eigenvalue weighted by Gasteiger charge is -2.22. The van der Waals surface area contributed by atoms with Gasteiger partial charge in [-0.1, -0.05) is 12.1 Å². The van der Waals surface area contributed by atoms with Gasteiger partial charge in [-0.25, -0.2) is 4.79 Å². The first-order chi connectivity index (χ1) is 9.16. The summed E-state index contributed by atoms with van der Waals surface area (Å²) >= 11 is 0. The molecule has 0 unspecified atom stereocenters. The molecule has 0 bridgehead atoms. The Hall–Kier alpha value is -1.92. The lowest BCUT2D eigenvalue weighted by atomic mass is 10.1. The smallest absolute Gasteiger partial charge is 0.335 e. The minimum Gasteiger partial charge on any atom is -0.478 e. The zero-order valence-corrected chi connectivity index (χ0v) is 10.3. The first-order valence-corrected chi connectivity index (χ1v) is 5.96. The monoisotopic (exact) mass is 265 g/mol. The van der Waals surface area contributed by atoms with E-state index in [9.17, 15) is 9.59 Å². The molecule has 102 valence electrons. The molecule has 1 aliphatic heterocycles. The van der Waals surface area contributed by atoms with Crippen LogP contribution in [0.25, 0.3) is 0 Å². The van der Waals surface area contributed by atoms with Crippen molar-refractivity contribution in [1.29, 1.82) is 0 Å². The van der Waals surface area contributed by atoms with E-state index in [1.165, 1.54) is 12.1 Å². The van der Waals surface area contributed by atoms with E-state index in [4.69, 9.17) is 14.6 Å². The molecular weight excluding hydrogens is 250 g/mol. The maximum absolute atomic E-state index is 11.8. The molecule has 0 aromatic heterocycles. The second-order valence-electron chi connectivity index (χ2n) is 4.16. The standard InChI is InChI=1S/C13H15NO5/c15-12(11-8-18-4-5-19-11)14-7-9-2-1-3-10(6-9)13(16)17/h1-3,6,11H,4-5,7-8H2,(H,14,15)(H,16,17)/t11-/m0/s1. The summed E-state index contributed by atoms with van der Waals surface area (Å²) in [5.74, 6) is -1.24. The fourth-order valence-corrected chi connectivity index (χ4v) is 1.76. The van der Waals surface area contributed by atoms with Crippen molar-refractivity contribution < 1.29 is 24.2 Å². The molecule has 2 rings (SSSR count). The number of rotatable bonds is 4. The van der Waals surface area contributed by atoms with Crippen molar-refractivity contribution >= 4 is 11.9 Å². The molecule has 1 aromatic carbocycles. The third-order valence-corrected chi connectivity index (χ3v) is 2.75. The van der Waals surface area contributed by atoms with Gasteiger partial charge in [-0.05, 0) is 17.7 Å². The van der Waals surface area contributed by atoms with Crippen LogP contribution in [0.3, 0.4) is 0 Å². The van der Waals surface area contributed by atoms with Crippen LogP contribution in [0, 0.1) is 0 Å². The summed E-state index contributed by atoms with van der Waals surface area (Å²) < 4.78 is 10.4. The van der Waals surface area contributed by atoms with Gasteiger partial charge >= 0.3 is 5.97 Å². The highest BCUT2D eigenvalue weighted by Gasteiger charge is 2.22. The Kier molecular flexibility index (Phi) is 4.48. The summed E-state index contributed by atoms with van der Waals surface area (Å²) in [4.78, 5) is 22.6. The van der Waals surface area contributed by atoms with Gasteiger partial charge in [-0.15, -0.1) is 0 Å². The Morgan fingerprint density at radius 3 is 2.89 bits per heavy atom. The van der Waals surface area contributed by atoms with Gasteiger partial charge in [0, 0.05) is 6.54 Å². The zero-order chi connectivity index (χ0) is 13.7. The molecule has 0 spiro atoms. The maximum Gasteiger partial charge on any atom is 0.335 e. The molecule has 1 heterocycles. The van der Waals surface area contributed by atoms with E-state index in [0.29, 0.717) is 13.2 Å². The van der Waals surface area contributed by atoms with E-state index < -0.39 is 12.1 Å². The molecule has 1 atom stereocenters. The van der Waals surface area contributed by atoms with Gasteiger partial charge in [-0.2, -0.15) is 0 Å². The van der Waals surface area contributed by atoms with Crippen molar-refractivity contribution in [2.45, 2.75) is 12.6 Å². The fraction of sp³-hybridized carbons (Fsp3) is 0.385. The number of ether oxygens (including phenoxy) is 2. The topological polar surface area (TPSA) is 84.9 Å². The van der Waals surface area contributed by atoms with Crippen molar-refractivity contribution in [3.05, 3.63) is 35.4 Å². The van der Waals surface area contributed by atoms with Crippen LogP contribution in [0.2, 0.25) is 0 Å². The predicted molar refractivity (Wildman–Crippen MR) is 65.8 cm³/mol. The number of aromatic carboxylic acids is 1. The summed E-state index contributed by atoms with van der Waals surface area (Å²) in [6, 6.07) is 6.43. The number of amides is 1. The summed E-state index contributed by atoms with van der Waals surface area (Å²) in [5.41, 5.74) is 0.925. The largest absolute Gasteiger partial charge is 0.478 e. The van der Waals surface area contributed by atoms with Crippen LogP contribution in [-0.4, -0.2) is 42.9 Å². The molecule has 2 N–H and O–H groups in total. The van der Waals surface area contributed by atoms with E-state index in [0.717, 1.165) is 5.56 Å². The Morgan fingerprint density at radius 2 is 2.21 bits per heavy atom. The van der Waals surface area contributed by atoms with Crippen LogP contribution >= 0.6 is 0 Å². The van der Waals surface area contributed by atoms with Gasteiger partial charge < -0.3 is 19.9 Å². The Bertz CT molecular complexity index is 468. The fourth-order valence-electron chi connectivity index (χ4n) is 1.76. The van der Waals surface area contributed by atoms with Crippen LogP contribution in [0.15, 0.2) is 24.3 Å². The number of carboxylic acid groups (broad SMARTS) is 1. The molecule has 1 aliphatic rings. The number of carbonyl (C=O) groups is 2. The third kappa shape index (κ3) is 3.77. The van der Waals surface area contributed by atoms with Crippen LogP contribution in [0.1, 0.15) is 15.9 Å². The van der Waals surface area contributed by atoms with Gasteiger partial charge in [0.05, 0.1) is 25.4 Å². The summed E-state index contributed by atoms with van der Waals surface area (Å²) in [6.07, 6.45) is -0.587. The quantitative estimate of drug-likeness (QED) is 0.824. The molecule has 1 fully saturated rings. The van der Waals surface area contributed by atoms with E-state index in [1.807, 2.05) is 0 Å². The van der Waals surface area contributed by atoms with Crippen LogP contribution < -0.4 is 5.32 Å².